The number of nitrogens with zero attached hydrogens (tertiary/aromatic N) is 1. The molecule has 106 valence electrons. The van der Waals surface area contributed by atoms with Gasteiger partial charge in [-0.25, -0.2) is 4.39 Å². The van der Waals surface area contributed by atoms with Gasteiger partial charge in [0.15, 0.2) is 0 Å². The number of hydrogen-bond acceptors (Lipinski definition) is 2. The van der Waals surface area contributed by atoms with Gasteiger partial charge in [-0.1, -0.05) is 23.2 Å². The van der Waals surface area contributed by atoms with Gasteiger partial charge in [0.05, 0.1) is 17.8 Å². The fraction of sp³-hybridized carbons (Fsp3) is 0.0667. The van der Waals surface area contributed by atoms with Crippen molar-refractivity contribution in [1.29, 1.82) is 0 Å². The summed E-state index contributed by atoms with van der Waals surface area (Å²) in [6.45, 7) is -0.0639. The lowest BCUT2D eigenvalue weighted by molar-refractivity contribution is -0.114. The second-order valence-corrected chi connectivity index (χ2v) is 5.49. The van der Waals surface area contributed by atoms with Crippen LogP contribution in [0, 0.1) is 5.82 Å². The first-order valence-electron chi connectivity index (χ1n) is 6.07. The molecule has 1 heterocycles. The van der Waals surface area contributed by atoms with Crippen molar-refractivity contribution in [1.82, 2.24) is 0 Å². The third-order valence-corrected chi connectivity index (χ3v) is 3.74. The van der Waals surface area contributed by atoms with E-state index in [1.807, 2.05) is 0 Å². The van der Waals surface area contributed by atoms with Crippen LogP contribution in [0.5, 0.6) is 0 Å². The first-order valence-corrected chi connectivity index (χ1v) is 6.82. The molecule has 1 aliphatic heterocycles. The molecule has 3 rings (SSSR count). The highest BCUT2D eigenvalue weighted by Gasteiger charge is 2.36. The number of carbonyl (C=O) groups is 2. The van der Waals surface area contributed by atoms with E-state index in [1.54, 1.807) is 12.1 Å². The molecule has 0 unspecified atom stereocenters. The lowest BCUT2D eigenvalue weighted by Crippen LogP contribution is -2.29. The quantitative estimate of drug-likeness (QED) is 0.787. The zero-order valence-electron chi connectivity index (χ0n) is 10.6. The Kier molecular flexibility index (Phi) is 3.43. The molecule has 0 aromatic heterocycles. The summed E-state index contributed by atoms with van der Waals surface area (Å²) in [7, 11) is 0. The second-order valence-electron chi connectivity index (χ2n) is 4.62. The number of Topliss-reactive ketones (excluding diaryl/α,β-unsaturated/α-hetero) is 1. The molecule has 6 heteroatoms. The van der Waals surface area contributed by atoms with Crippen LogP contribution in [-0.2, 0) is 11.3 Å². The molecule has 0 spiro atoms. The van der Waals surface area contributed by atoms with Gasteiger partial charge in [-0.05, 0) is 36.4 Å². The van der Waals surface area contributed by atoms with Gasteiger partial charge in [0, 0.05) is 15.6 Å². The molecular formula is C15H8Cl2FNO2. The van der Waals surface area contributed by atoms with Crippen molar-refractivity contribution in [3.05, 3.63) is 63.4 Å². The maximum atomic E-state index is 13.8. The summed E-state index contributed by atoms with van der Waals surface area (Å²) in [5, 5.41) is 0.728. The normalized spacial score (nSPS) is 13.8. The van der Waals surface area contributed by atoms with Crippen molar-refractivity contribution in [3.63, 3.8) is 0 Å². The monoisotopic (exact) mass is 323 g/mol. The summed E-state index contributed by atoms with van der Waals surface area (Å²) in [6.07, 6.45) is 0. The van der Waals surface area contributed by atoms with Crippen molar-refractivity contribution >= 4 is 40.6 Å². The van der Waals surface area contributed by atoms with Crippen LogP contribution in [0.25, 0.3) is 0 Å². The van der Waals surface area contributed by atoms with E-state index in [1.165, 1.54) is 29.2 Å². The summed E-state index contributed by atoms with van der Waals surface area (Å²) in [5.74, 6) is -1.83. The van der Waals surface area contributed by atoms with Gasteiger partial charge in [-0.3, -0.25) is 9.59 Å². The molecule has 3 nitrogen and oxygen atoms in total. The molecule has 1 amide bonds. The van der Waals surface area contributed by atoms with Gasteiger partial charge in [0.25, 0.3) is 11.7 Å². The molecule has 0 radical (unpaired) electrons. The fourth-order valence-electron chi connectivity index (χ4n) is 2.26. The van der Waals surface area contributed by atoms with Gasteiger partial charge in [0.1, 0.15) is 5.82 Å². The minimum atomic E-state index is -0.702. The molecule has 0 N–H and O–H groups in total. The van der Waals surface area contributed by atoms with E-state index in [2.05, 4.69) is 0 Å². The van der Waals surface area contributed by atoms with Crippen LogP contribution in [-0.4, -0.2) is 11.7 Å². The average molecular weight is 324 g/mol. The Labute approximate surface area is 129 Å². The van der Waals surface area contributed by atoms with E-state index in [0.717, 1.165) is 0 Å². The molecule has 2 aromatic carbocycles. The smallest absolute Gasteiger partial charge is 0.299 e. The van der Waals surface area contributed by atoms with Crippen LogP contribution in [0.3, 0.4) is 0 Å². The third-order valence-electron chi connectivity index (χ3n) is 3.27. The highest BCUT2D eigenvalue weighted by Crippen LogP contribution is 2.33. The average Bonchev–Trinajstić information content (AvgIpc) is 2.68. The maximum absolute atomic E-state index is 13.8. The van der Waals surface area contributed by atoms with Gasteiger partial charge >= 0.3 is 0 Å². The number of hydrogen-bond donors (Lipinski definition) is 0. The van der Waals surface area contributed by atoms with E-state index in [-0.39, 0.29) is 17.7 Å². The van der Waals surface area contributed by atoms with Crippen LogP contribution < -0.4 is 4.90 Å². The fourth-order valence-corrected chi connectivity index (χ4v) is 2.63. The molecule has 0 fully saturated rings. The minimum absolute atomic E-state index is 0.0639. The minimum Gasteiger partial charge on any atom is -0.300 e. The summed E-state index contributed by atoms with van der Waals surface area (Å²) in [4.78, 5) is 25.2. The zero-order chi connectivity index (χ0) is 15.1. The summed E-state index contributed by atoms with van der Waals surface area (Å²) >= 11 is 11.7. The van der Waals surface area contributed by atoms with E-state index in [0.29, 0.717) is 15.7 Å². The first-order chi connectivity index (χ1) is 9.97. The lowest BCUT2D eigenvalue weighted by Gasteiger charge is -2.17. The van der Waals surface area contributed by atoms with Crippen LogP contribution in [0.2, 0.25) is 10.0 Å². The number of benzene rings is 2. The Hall–Kier alpha value is -1.91. The molecule has 21 heavy (non-hydrogen) atoms. The predicted octanol–water partition coefficient (Wildman–Crippen LogP) is 3.86. The largest absolute Gasteiger partial charge is 0.300 e. The van der Waals surface area contributed by atoms with Crippen LogP contribution in [0.1, 0.15) is 15.9 Å². The van der Waals surface area contributed by atoms with Crippen LogP contribution >= 0.6 is 23.2 Å². The van der Waals surface area contributed by atoms with Crippen molar-refractivity contribution in [2.24, 2.45) is 0 Å². The van der Waals surface area contributed by atoms with Gasteiger partial charge < -0.3 is 4.90 Å². The molecule has 0 bridgehead atoms. The number of carbonyl (C=O) groups excluding carboxylic acids is 2. The van der Waals surface area contributed by atoms with Crippen LogP contribution in [0.4, 0.5) is 10.1 Å². The van der Waals surface area contributed by atoms with Crippen molar-refractivity contribution < 1.29 is 14.0 Å². The van der Waals surface area contributed by atoms with Crippen molar-refractivity contribution in [2.45, 2.75) is 6.54 Å². The number of rotatable bonds is 2. The van der Waals surface area contributed by atoms with Gasteiger partial charge in [0.2, 0.25) is 0 Å². The van der Waals surface area contributed by atoms with Gasteiger partial charge in [-0.15, -0.1) is 0 Å². The Balaban J connectivity index is 2.02. The van der Waals surface area contributed by atoms with Gasteiger partial charge in [-0.2, -0.15) is 0 Å². The lowest BCUT2D eigenvalue weighted by atomic mass is 10.1. The zero-order valence-corrected chi connectivity index (χ0v) is 12.1. The summed E-state index contributed by atoms with van der Waals surface area (Å²) in [5.41, 5.74) is 0.898. The van der Waals surface area contributed by atoms with Crippen molar-refractivity contribution in [3.8, 4) is 0 Å². The molecule has 2 aromatic rings. The third kappa shape index (κ3) is 2.41. The summed E-state index contributed by atoms with van der Waals surface area (Å²) < 4.78 is 13.8. The maximum Gasteiger partial charge on any atom is 0.299 e. The van der Waals surface area contributed by atoms with E-state index in [9.17, 15) is 14.0 Å². The van der Waals surface area contributed by atoms with Crippen molar-refractivity contribution in [2.75, 3.05) is 4.90 Å². The molecule has 0 saturated carbocycles. The first kappa shape index (κ1) is 14.0. The Bertz CT molecular complexity index is 776. The number of ketones is 1. The molecule has 0 aliphatic carbocycles. The standard InChI is InChI=1S/C15H8Cl2FNO2/c16-9-1-3-12(18)8(5-9)7-19-13-4-2-10(17)6-11(13)14(20)15(19)21/h1-6H,7H2. The second kappa shape index (κ2) is 5.13. The summed E-state index contributed by atoms with van der Waals surface area (Å²) in [6, 6.07) is 8.67. The van der Waals surface area contributed by atoms with E-state index < -0.39 is 17.5 Å². The molecule has 1 aliphatic rings. The molecular weight excluding hydrogens is 316 g/mol. The van der Waals surface area contributed by atoms with E-state index >= 15 is 0 Å². The highest BCUT2D eigenvalue weighted by atomic mass is 35.5. The number of halogens is 3. The highest BCUT2D eigenvalue weighted by molar-refractivity contribution is 6.52. The topological polar surface area (TPSA) is 37.4 Å². The SMILES string of the molecule is O=C1C(=O)N(Cc2cc(Cl)ccc2F)c2ccc(Cl)cc21. The number of amides is 1. The molecule has 0 atom stereocenters. The Morgan fingerprint density at radius 2 is 1.67 bits per heavy atom. The van der Waals surface area contributed by atoms with E-state index in [4.69, 9.17) is 23.2 Å². The predicted molar refractivity (Wildman–Crippen MR) is 78.4 cm³/mol. The number of fused-ring (bicyclic) bond motifs is 1. The van der Waals surface area contributed by atoms with Crippen LogP contribution in [0.15, 0.2) is 36.4 Å². The Morgan fingerprint density at radius 3 is 2.43 bits per heavy atom. The number of anilines is 1. The molecule has 0 saturated heterocycles. The Morgan fingerprint density at radius 1 is 1.00 bits per heavy atom.